The highest BCUT2D eigenvalue weighted by Crippen LogP contribution is 2.21. The van der Waals surface area contributed by atoms with Gasteiger partial charge in [-0.25, -0.2) is 0 Å². The number of nitrogens with zero attached hydrogens (tertiary/aromatic N) is 4. The number of ether oxygens (including phenoxy) is 1. The number of nitrogens with one attached hydrogen (secondary N) is 2. The van der Waals surface area contributed by atoms with Gasteiger partial charge >= 0.3 is 5.69 Å². The topological polar surface area (TPSA) is 107 Å². The lowest BCUT2D eigenvalue weighted by Gasteiger charge is -2.09. The van der Waals surface area contributed by atoms with Crippen LogP contribution in [0.3, 0.4) is 0 Å². The smallest absolute Gasteiger partial charge is 0.307 e. The standard InChI is InChI=1S/C19H18N6O3S/c1-28-18-8-7-14(9-15(18)12-24-13-17(11-21-24)25(26)27)10-20-23-19(29)22-16-5-3-2-4-6-16/h2-11,13H,12H2,1H3,(H2,22,23,29)/b20-10+. The molecule has 0 atom stereocenters. The van der Waals surface area contributed by atoms with Gasteiger partial charge in [-0.1, -0.05) is 18.2 Å². The molecule has 0 aliphatic heterocycles. The number of aromatic nitrogens is 2. The zero-order valence-corrected chi connectivity index (χ0v) is 16.3. The summed E-state index contributed by atoms with van der Waals surface area (Å²) in [6, 6.07) is 15.0. The summed E-state index contributed by atoms with van der Waals surface area (Å²) in [7, 11) is 1.56. The molecule has 2 aromatic carbocycles. The van der Waals surface area contributed by atoms with Crippen molar-refractivity contribution in [2.24, 2.45) is 5.10 Å². The molecule has 0 aliphatic carbocycles. The van der Waals surface area contributed by atoms with Crippen molar-refractivity contribution in [3.05, 3.63) is 82.2 Å². The third-order valence-electron chi connectivity index (χ3n) is 3.88. The SMILES string of the molecule is COc1ccc(/C=N/NC(=S)Nc2ccccc2)cc1Cn1cc([N+](=O)[O-])cn1. The normalized spacial score (nSPS) is 10.7. The number of anilines is 1. The van der Waals surface area contributed by atoms with E-state index in [1.807, 2.05) is 42.5 Å². The number of hydrazone groups is 1. The van der Waals surface area contributed by atoms with Gasteiger partial charge in [-0.3, -0.25) is 20.2 Å². The van der Waals surface area contributed by atoms with Crippen LogP contribution in [-0.4, -0.2) is 33.1 Å². The van der Waals surface area contributed by atoms with E-state index in [-0.39, 0.29) is 5.69 Å². The Hall–Kier alpha value is -3.79. The van der Waals surface area contributed by atoms with Crippen molar-refractivity contribution in [2.45, 2.75) is 6.54 Å². The van der Waals surface area contributed by atoms with Gasteiger partial charge in [-0.2, -0.15) is 10.2 Å². The van der Waals surface area contributed by atoms with Gasteiger partial charge < -0.3 is 10.1 Å². The minimum atomic E-state index is -0.484. The lowest BCUT2D eigenvalue weighted by Crippen LogP contribution is -2.23. The van der Waals surface area contributed by atoms with Crippen LogP contribution < -0.4 is 15.5 Å². The molecular weight excluding hydrogens is 392 g/mol. The molecule has 10 heteroatoms. The Labute approximate surface area is 172 Å². The first kappa shape index (κ1) is 20.0. The Morgan fingerprint density at radius 3 is 2.83 bits per heavy atom. The summed E-state index contributed by atoms with van der Waals surface area (Å²) in [6.07, 6.45) is 4.20. The van der Waals surface area contributed by atoms with E-state index in [0.29, 0.717) is 17.4 Å². The second-order valence-electron chi connectivity index (χ2n) is 5.91. The molecular formula is C19H18N6O3S. The lowest BCUT2D eigenvalue weighted by molar-refractivity contribution is -0.385. The van der Waals surface area contributed by atoms with Crippen LogP contribution in [0.15, 0.2) is 66.0 Å². The van der Waals surface area contributed by atoms with Crippen LogP contribution in [0.4, 0.5) is 11.4 Å². The molecule has 0 saturated carbocycles. The minimum Gasteiger partial charge on any atom is -0.496 e. The number of thiocarbonyl (C=S) groups is 1. The van der Waals surface area contributed by atoms with Crippen LogP contribution >= 0.6 is 12.2 Å². The van der Waals surface area contributed by atoms with Crippen molar-refractivity contribution in [2.75, 3.05) is 12.4 Å². The van der Waals surface area contributed by atoms with E-state index in [4.69, 9.17) is 17.0 Å². The van der Waals surface area contributed by atoms with Crippen LogP contribution in [-0.2, 0) is 6.54 Å². The Balaban J connectivity index is 1.66. The maximum absolute atomic E-state index is 10.8. The van der Waals surface area contributed by atoms with E-state index in [1.54, 1.807) is 19.4 Å². The van der Waals surface area contributed by atoms with Gasteiger partial charge in [0.15, 0.2) is 5.11 Å². The van der Waals surface area contributed by atoms with Crippen molar-refractivity contribution in [1.82, 2.24) is 15.2 Å². The minimum absolute atomic E-state index is 0.0645. The number of rotatable bonds is 7. The first-order chi connectivity index (χ1) is 14.0. The molecule has 1 aromatic heterocycles. The van der Waals surface area contributed by atoms with Crippen molar-refractivity contribution >= 4 is 34.9 Å². The average molecular weight is 410 g/mol. The molecule has 0 unspecified atom stereocenters. The molecule has 0 aliphatic rings. The summed E-state index contributed by atoms with van der Waals surface area (Å²) >= 11 is 5.20. The Morgan fingerprint density at radius 1 is 1.34 bits per heavy atom. The number of nitro groups is 1. The molecule has 29 heavy (non-hydrogen) atoms. The number of methoxy groups -OCH3 is 1. The van der Waals surface area contributed by atoms with Crippen LogP contribution in [0.25, 0.3) is 0 Å². The molecule has 2 N–H and O–H groups in total. The van der Waals surface area contributed by atoms with Gasteiger partial charge in [0, 0.05) is 11.3 Å². The van der Waals surface area contributed by atoms with E-state index in [0.717, 1.165) is 16.8 Å². The molecule has 0 saturated heterocycles. The molecule has 9 nitrogen and oxygen atoms in total. The van der Waals surface area contributed by atoms with E-state index in [2.05, 4.69) is 20.9 Å². The number of hydrogen-bond acceptors (Lipinski definition) is 6. The van der Waals surface area contributed by atoms with Gasteiger partial charge in [-0.05, 0) is 48.1 Å². The van der Waals surface area contributed by atoms with Gasteiger partial charge in [0.2, 0.25) is 0 Å². The average Bonchev–Trinajstić information content (AvgIpc) is 3.18. The predicted octanol–water partition coefficient (Wildman–Crippen LogP) is 3.17. The predicted molar refractivity (Wildman–Crippen MR) is 114 cm³/mol. The van der Waals surface area contributed by atoms with E-state index in [9.17, 15) is 10.1 Å². The largest absolute Gasteiger partial charge is 0.496 e. The first-order valence-corrected chi connectivity index (χ1v) is 8.95. The second kappa shape index (κ2) is 9.42. The van der Waals surface area contributed by atoms with Gasteiger partial charge in [0.05, 0.1) is 24.8 Å². The lowest BCUT2D eigenvalue weighted by atomic mass is 10.1. The van der Waals surface area contributed by atoms with Crippen molar-refractivity contribution in [3.63, 3.8) is 0 Å². The summed E-state index contributed by atoms with van der Waals surface area (Å²) in [5, 5.41) is 22.4. The molecule has 0 bridgehead atoms. The highest BCUT2D eigenvalue weighted by atomic mass is 32.1. The molecule has 1 heterocycles. The van der Waals surface area contributed by atoms with Gasteiger partial charge in [0.25, 0.3) is 0 Å². The number of hydrogen-bond donors (Lipinski definition) is 2. The molecule has 0 radical (unpaired) electrons. The molecule has 0 spiro atoms. The van der Waals surface area contributed by atoms with E-state index >= 15 is 0 Å². The first-order valence-electron chi connectivity index (χ1n) is 8.54. The summed E-state index contributed by atoms with van der Waals surface area (Å²) in [5.74, 6) is 0.648. The molecule has 0 amide bonds. The van der Waals surface area contributed by atoms with Crippen LogP contribution in [0.1, 0.15) is 11.1 Å². The summed E-state index contributed by atoms with van der Waals surface area (Å²) in [6.45, 7) is 0.320. The van der Waals surface area contributed by atoms with E-state index < -0.39 is 4.92 Å². The molecule has 148 valence electrons. The van der Waals surface area contributed by atoms with Crippen molar-refractivity contribution in [1.29, 1.82) is 0 Å². The quantitative estimate of drug-likeness (QED) is 0.267. The summed E-state index contributed by atoms with van der Waals surface area (Å²) in [5.41, 5.74) is 5.16. The second-order valence-corrected chi connectivity index (χ2v) is 6.32. The summed E-state index contributed by atoms with van der Waals surface area (Å²) in [4.78, 5) is 10.3. The Bertz CT molecular complexity index is 1040. The highest BCUT2D eigenvalue weighted by Gasteiger charge is 2.11. The highest BCUT2D eigenvalue weighted by molar-refractivity contribution is 7.80. The van der Waals surface area contributed by atoms with Crippen LogP contribution in [0.5, 0.6) is 5.75 Å². The third-order valence-corrected chi connectivity index (χ3v) is 4.07. The monoisotopic (exact) mass is 410 g/mol. The summed E-state index contributed by atoms with van der Waals surface area (Å²) < 4.78 is 6.85. The maximum Gasteiger partial charge on any atom is 0.307 e. The van der Waals surface area contributed by atoms with Crippen molar-refractivity contribution in [3.8, 4) is 5.75 Å². The zero-order valence-electron chi connectivity index (χ0n) is 15.5. The maximum atomic E-state index is 10.8. The Morgan fingerprint density at radius 2 is 2.14 bits per heavy atom. The molecule has 3 rings (SSSR count). The zero-order chi connectivity index (χ0) is 20.6. The van der Waals surface area contributed by atoms with Gasteiger partial charge in [-0.15, -0.1) is 0 Å². The van der Waals surface area contributed by atoms with Crippen LogP contribution in [0.2, 0.25) is 0 Å². The third kappa shape index (κ3) is 5.59. The Kier molecular flexibility index (Phi) is 6.48. The fourth-order valence-electron chi connectivity index (χ4n) is 2.56. The van der Waals surface area contributed by atoms with Crippen molar-refractivity contribution < 1.29 is 9.66 Å². The van der Waals surface area contributed by atoms with Gasteiger partial charge in [0.1, 0.15) is 18.1 Å². The number of benzene rings is 2. The molecule has 3 aromatic rings. The fraction of sp³-hybridized carbons (Fsp3) is 0.105. The molecule has 0 fully saturated rings. The number of para-hydroxylation sites is 1. The fourth-order valence-corrected chi connectivity index (χ4v) is 2.73. The van der Waals surface area contributed by atoms with Crippen LogP contribution in [0, 0.1) is 10.1 Å². The van der Waals surface area contributed by atoms with E-state index in [1.165, 1.54) is 17.1 Å².